The van der Waals surface area contributed by atoms with Crippen molar-refractivity contribution in [1.29, 1.82) is 0 Å². The standard InChI is InChI=1S/C12H18F3N3/c1-11(2,3)8-7-10(16-4)18-9(17-8)5-6-12(13,14)15/h7H,5-6H2,1-4H3,(H,16,17,18). The number of rotatable bonds is 3. The van der Waals surface area contributed by atoms with Gasteiger partial charge in [-0.3, -0.25) is 0 Å². The zero-order valence-electron chi connectivity index (χ0n) is 11.0. The minimum absolute atomic E-state index is 0.192. The van der Waals surface area contributed by atoms with E-state index in [0.717, 1.165) is 5.69 Å². The lowest BCUT2D eigenvalue weighted by molar-refractivity contribution is -0.134. The van der Waals surface area contributed by atoms with Crippen LogP contribution in [0.4, 0.5) is 19.0 Å². The summed E-state index contributed by atoms with van der Waals surface area (Å²) in [6.07, 6.45) is -5.27. The third kappa shape index (κ3) is 4.50. The molecule has 1 heterocycles. The molecule has 1 N–H and O–H groups in total. The van der Waals surface area contributed by atoms with E-state index in [1.165, 1.54) is 0 Å². The van der Waals surface area contributed by atoms with Crippen LogP contribution in [0.25, 0.3) is 0 Å². The second-order valence-electron chi connectivity index (χ2n) is 5.17. The van der Waals surface area contributed by atoms with Crippen LogP contribution in [0.5, 0.6) is 0 Å². The van der Waals surface area contributed by atoms with Crippen LogP contribution in [0.15, 0.2) is 6.07 Å². The van der Waals surface area contributed by atoms with Gasteiger partial charge in [0.05, 0.1) is 12.1 Å². The summed E-state index contributed by atoms with van der Waals surface area (Å²) >= 11 is 0. The number of nitrogens with one attached hydrogen (secondary N) is 1. The van der Waals surface area contributed by atoms with E-state index in [-0.39, 0.29) is 17.7 Å². The fourth-order valence-electron chi connectivity index (χ4n) is 1.37. The summed E-state index contributed by atoms with van der Waals surface area (Å²) in [7, 11) is 1.68. The zero-order chi connectivity index (χ0) is 14.0. The molecule has 0 radical (unpaired) electrons. The van der Waals surface area contributed by atoms with Crippen LogP contribution in [0.2, 0.25) is 0 Å². The monoisotopic (exact) mass is 261 g/mol. The Hall–Kier alpha value is -1.33. The molecule has 0 saturated heterocycles. The molecule has 0 bridgehead atoms. The van der Waals surface area contributed by atoms with E-state index in [1.54, 1.807) is 13.1 Å². The second kappa shape index (κ2) is 5.12. The van der Waals surface area contributed by atoms with Crippen molar-refractivity contribution in [1.82, 2.24) is 9.97 Å². The minimum Gasteiger partial charge on any atom is -0.373 e. The smallest absolute Gasteiger partial charge is 0.373 e. The van der Waals surface area contributed by atoms with Crippen molar-refractivity contribution in [3.05, 3.63) is 17.6 Å². The Balaban J connectivity index is 2.98. The topological polar surface area (TPSA) is 37.8 Å². The maximum Gasteiger partial charge on any atom is 0.389 e. The van der Waals surface area contributed by atoms with Crippen molar-refractivity contribution in [3.8, 4) is 0 Å². The van der Waals surface area contributed by atoms with Gasteiger partial charge in [-0.05, 0) is 0 Å². The molecule has 0 aliphatic heterocycles. The lowest BCUT2D eigenvalue weighted by atomic mass is 9.92. The first-order chi connectivity index (χ1) is 8.12. The summed E-state index contributed by atoms with van der Waals surface area (Å²) in [4.78, 5) is 8.25. The SMILES string of the molecule is CNc1cc(C(C)(C)C)nc(CCC(F)(F)F)n1. The molecular formula is C12H18F3N3. The van der Waals surface area contributed by atoms with Crippen LogP contribution in [-0.2, 0) is 11.8 Å². The van der Waals surface area contributed by atoms with Crippen molar-refractivity contribution >= 4 is 5.82 Å². The van der Waals surface area contributed by atoms with Crippen LogP contribution >= 0.6 is 0 Å². The van der Waals surface area contributed by atoms with Crippen molar-refractivity contribution in [2.45, 2.75) is 45.2 Å². The van der Waals surface area contributed by atoms with Gasteiger partial charge in [0.15, 0.2) is 0 Å². The first-order valence-electron chi connectivity index (χ1n) is 5.75. The van der Waals surface area contributed by atoms with Crippen LogP contribution in [0.1, 0.15) is 38.7 Å². The third-order valence-electron chi connectivity index (χ3n) is 2.43. The van der Waals surface area contributed by atoms with Crippen LogP contribution in [0.3, 0.4) is 0 Å². The third-order valence-corrected chi connectivity index (χ3v) is 2.43. The van der Waals surface area contributed by atoms with Gasteiger partial charge < -0.3 is 5.32 Å². The highest BCUT2D eigenvalue weighted by molar-refractivity contribution is 5.37. The van der Waals surface area contributed by atoms with Crippen molar-refractivity contribution in [2.24, 2.45) is 0 Å². The van der Waals surface area contributed by atoms with Gasteiger partial charge in [0, 0.05) is 24.9 Å². The van der Waals surface area contributed by atoms with Crippen molar-refractivity contribution < 1.29 is 13.2 Å². The predicted octanol–water partition coefficient (Wildman–Crippen LogP) is 3.31. The molecule has 0 aromatic carbocycles. The molecule has 102 valence electrons. The number of hydrogen-bond donors (Lipinski definition) is 1. The quantitative estimate of drug-likeness (QED) is 0.907. The van der Waals surface area contributed by atoms with Gasteiger partial charge in [-0.2, -0.15) is 13.2 Å². The lowest BCUT2D eigenvalue weighted by Crippen LogP contribution is -2.17. The molecule has 0 amide bonds. The molecule has 1 aromatic heterocycles. The summed E-state index contributed by atoms with van der Waals surface area (Å²) in [6.45, 7) is 5.88. The number of alkyl halides is 3. The Kier molecular flexibility index (Phi) is 4.19. The average Bonchev–Trinajstić information content (AvgIpc) is 2.24. The van der Waals surface area contributed by atoms with Gasteiger partial charge in [0.2, 0.25) is 0 Å². The molecule has 3 nitrogen and oxygen atoms in total. The molecule has 0 fully saturated rings. The summed E-state index contributed by atoms with van der Waals surface area (Å²) in [6, 6.07) is 1.76. The van der Waals surface area contributed by atoms with Gasteiger partial charge >= 0.3 is 6.18 Å². The maximum atomic E-state index is 12.2. The maximum absolute atomic E-state index is 12.2. The van der Waals surface area contributed by atoms with Crippen LogP contribution in [-0.4, -0.2) is 23.2 Å². The van der Waals surface area contributed by atoms with E-state index in [4.69, 9.17) is 0 Å². The highest BCUT2D eigenvalue weighted by Gasteiger charge is 2.27. The molecule has 0 atom stereocenters. The fraction of sp³-hybridized carbons (Fsp3) is 0.667. The number of halogens is 3. The molecule has 0 saturated carbocycles. The molecule has 18 heavy (non-hydrogen) atoms. The minimum atomic E-state index is -4.18. The molecule has 1 rings (SSSR count). The summed E-state index contributed by atoms with van der Waals surface area (Å²) in [5, 5.41) is 2.84. The Morgan fingerprint density at radius 1 is 1.17 bits per heavy atom. The second-order valence-corrected chi connectivity index (χ2v) is 5.17. The average molecular weight is 261 g/mol. The highest BCUT2D eigenvalue weighted by Crippen LogP contribution is 2.24. The van der Waals surface area contributed by atoms with Gasteiger partial charge in [-0.25, -0.2) is 9.97 Å². The van der Waals surface area contributed by atoms with Gasteiger partial charge in [0.1, 0.15) is 11.6 Å². The zero-order valence-corrected chi connectivity index (χ0v) is 11.0. The van der Waals surface area contributed by atoms with E-state index in [9.17, 15) is 13.2 Å². The Labute approximate surface area is 105 Å². The first-order valence-corrected chi connectivity index (χ1v) is 5.75. The molecule has 0 aliphatic rings. The molecular weight excluding hydrogens is 243 g/mol. The van der Waals surface area contributed by atoms with Gasteiger partial charge in [0.25, 0.3) is 0 Å². The Morgan fingerprint density at radius 3 is 2.22 bits per heavy atom. The van der Waals surface area contributed by atoms with E-state index in [1.807, 2.05) is 20.8 Å². The highest BCUT2D eigenvalue weighted by atomic mass is 19.4. The number of hydrogen-bond acceptors (Lipinski definition) is 3. The van der Waals surface area contributed by atoms with E-state index >= 15 is 0 Å². The lowest BCUT2D eigenvalue weighted by Gasteiger charge is -2.19. The normalized spacial score (nSPS) is 12.6. The van der Waals surface area contributed by atoms with Crippen molar-refractivity contribution in [3.63, 3.8) is 0 Å². The van der Waals surface area contributed by atoms with Crippen LogP contribution < -0.4 is 5.32 Å². The molecule has 0 unspecified atom stereocenters. The molecule has 0 spiro atoms. The summed E-state index contributed by atoms with van der Waals surface area (Å²) < 4.78 is 36.6. The predicted molar refractivity (Wildman–Crippen MR) is 64.7 cm³/mol. The fourth-order valence-corrected chi connectivity index (χ4v) is 1.37. The molecule has 6 heteroatoms. The molecule has 0 aliphatic carbocycles. The van der Waals surface area contributed by atoms with E-state index < -0.39 is 12.6 Å². The number of aryl methyl sites for hydroxylation is 1. The summed E-state index contributed by atoms with van der Waals surface area (Å²) in [5.74, 6) is 0.774. The number of nitrogens with zero attached hydrogens (tertiary/aromatic N) is 2. The number of aromatic nitrogens is 2. The van der Waals surface area contributed by atoms with Gasteiger partial charge in [-0.1, -0.05) is 20.8 Å². The number of anilines is 1. The van der Waals surface area contributed by atoms with Gasteiger partial charge in [-0.15, -0.1) is 0 Å². The summed E-state index contributed by atoms with van der Waals surface area (Å²) in [5.41, 5.74) is 0.514. The molecule has 1 aromatic rings. The Bertz CT molecular complexity index is 408. The largest absolute Gasteiger partial charge is 0.389 e. The van der Waals surface area contributed by atoms with E-state index in [2.05, 4.69) is 15.3 Å². The van der Waals surface area contributed by atoms with Crippen LogP contribution in [0, 0.1) is 0 Å². The van der Waals surface area contributed by atoms with E-state index in [0.29, 0.717) is 5.82 Å². The van der Waals surface area contributed by atoms with Crippen molar-refractivity contribution in [2.75, 3.05) is 12.4 Å². The first kappa shape index (κ1) is 14.7. The Morgan fingerprint density at radius 2 is 1.78 bits per heavy atom.